The van der Waals surface area contributed by atoms with Crippen LogP contribution >= 0.6 is 0 Å². The van der Waals surface area contributed by atoms with E-state index < -0.39 is 0 Å². The third-order valence-corrected chi connectivity index (χ3v) is 3.28. The summed E-state index contributed by atoms with van der Waals surface area (Å²) in [6.07, 6.45) is 4.49. The summed E-state index contributed by atoms with van der Waals surface area (Å²) in [5.41, 5.74) is 5.79. The van der Waals surface area contributed by atoms with Crippen molar-refractivity contribution in [3.63, 3.8) is 0 Å². The normalized spacial score (nSPS) is 36.5. The molecule has 2 aliphatic rings. The van der Waals surface area contributed by atoms with Crippen molar-refractivity contribution < 1.29 is 14.3 Å². The number of nitrogens with two attached hydrogens (primary N) is 1. The number of carbonyl (C=O) groups is 1. The summed E-state index contributed by atoms with van der Waals surface area (Å²) in [6, 6.07) is 0.281. The molecule has 1 saturated carbocycles. The van der Waals surface area contributed by atoms with Crippen molar-refractivity contribution in [2.45, 2.75) is 44.2 Å². The van der Waals surface area contributed by atoms with Crippen LogP contribution in [0.1, 0.15) is 32.1 Å². The lowest BCUT2D eigenvalue weighted by atomic mass is 9.86. The summed E-state index contributed by atoms with van der Waals surface area (Å²) in [5.74, 6) is 0.0304. The molecular weight excluding hydrogens is 194 g/mol. The first-order chi connectivity index (χ1) is 7.25. The molecule has 0 aromatic heterocycles. The average molecular weight is 213 g/mol. The Morgan fingerprint density at radius 1 is 1.20 bits per heavy atom. The van der Waals surface area contributed by atoms with E-state index in [-0.39, 0.29) is 24.0 Å². The zero-order chi connectivity index (χ0) is 10.7. The summed E-state index contributed by atoms with van der Waals surface area (Å²) in [7, 11) is 0. The van der Waals surface area contributed by atoms with Gasteiger partial charge >= 0.3 is 5.97 Å². The minimum atomic E-state index is -0.0441. The zero-order valence-corrected chi connectivity index (χ0v) is 8.98. The van der Waals surface area contributed by atoms with Gasteiger partial charge in [0.15, 0.2) is 0 Å². The largest absolute Gasteiger partial charge is 0.460 e. The molecule has 4 nitrogen and oxygen atoms in total. The molecular formula is C11H19NO3. The maximum atomic E-state index is 11.7. The highest BCUT2D eigenvalue weighted by Crippen LogP contribution is 2.25. The van der Waals surface area contributed by atoms with E-state index in [0.717, 1.165) is 32.1 Å². The molecule has 0 aromatic rings. The highest BCUT2D eigenvalue weighted by molar-refractivity contribution is 5.72. The van der Waals surface area contributed by atoms with Gasteiger partial charge in [-0.1, -0.05) is 0 Å². The molecule has 1 saturated heterocycles. The Bertz CT molecular complexity index is 218. The molecule has 86 valence electrons. The van der Waals surface area contributed by atoms with Crippen molar-refractivity contribution in [1.82, 2.24) is 0 Å². The molecule has 0 spiro atoms. The van der Waals surface area contributed by atoms with E-state index in [1.54, 1.807) is 0 Å². The first-order valence-corrected chi connectivity index (χ1v) is 5.79. The smallest absolute Gasteiger partial charge is 0.309 e. The van der Waals surface area contributed by atoms with Gasteiger partial charge in [0.1, 0.15) is 6.10 Å². The van der Waals surface area contributed by atoms with Gasteiger partial charge in [-0.05, 0) is 25.7 Å². The Morgan fingerprint density at radius 3 is 2.53 bits per heavy atom. The minimum absolute atomic E-state index is 0.00639. The second kappa shape index (κ2) is 4.94. The molecule has 1 aliphatic heterocycles. The fourth-order valence-electron chi connectivity index (χ4n) is 2.22. The van der Waals surface area contributed by atoms with Crippen LogP contribution in [0.2, 0.25) is 0 Å². The van der Waals surface area contributed by atoms with Crippen LogP contribution in [0.4, 0.5) is 0 Å². The van der Waals surface area contributed by atoms with Crippen molar-refractivity contribution in [3.05, 3.63) is 0 Å². The Labute approximate surface area is 90.1 Å². The van der Waals surface area contributed by atoms with E-state index in [0.29, 0.717) is 13.2 Å². The maximum absolute atomic E-state index is 11.7. The van der Waals surface area contributed by atoms with Gasteiger partial charge in [-0.15, -0.1) is 0 Å². The van der Waals surface area contributed by atoms with E-state index in [1.807, 2.05) is 0 Å². The zero-order valence-electron chi connectivity index (χ0n) is 8.98. The lowest BCUT2D eigenvalue weighted by Gasteiger charge is -2.25. The molecule has 0 amide bonds. The Balaban J connectivity index is 1.75. The van der Waals surface area contributed by atoms with Gasteiger partial charge in [0.05, 0.1) is 19.1 Å². The predicted octanol–water partition coefficient (Wildman–Crippen LogP) is 0.836. The molecule has 0 radical (unpaired) electrons. The second-order valence-electron chi connectivity index (χ2n) is 4.53. The SMILES string of the molecule is NC1CCC(C(=O)OC2CCOC2)CC1. The fraction of sp³-hybridized carbons (Fsp3) is 0.909. The first kappa shape index (κ1) is 10.9. The highest BCUT2D eigenvalue weighted by atomic mass is 16.6. The lowest BCUT2D eigenvalue weighted by Crippen LogP contribution is -2.32. The van der Waals surface area contributed by atoms with Crippen LogP contribution < -0.4 is 5.73 Å². The number of rotatable bonds is 2. The third-order valence-electron chi connectivity index (χ3n) is 3.28. The predicted molar refractivity (Wildman–Crippen MR) is 55.2 cm³/mol. The van der Waals surface area contributed by atoms with Crippen LogP contribution in [0.3, 0.4) is 0 Å². The topological polar surface area (TPSA) is 61.6 Å². The van der Waals surface area contributed by atoms with Gasteiger partial charge < -0.3 is 15.2 Å². The van der Waals surface area contributed by atoms with E-state index in [4.69, 9.17) is 15.2 Å². The molecule has 1 atom stereocenters. The molecule has 0 aromatic carbocycles. The highest BCUT2D eigenvalue weighted by Gasteiger charge is 2.28. The number of ether oxygens (including phenoxy) is 2. The van der Waals surface area contributed by atoms with Gasteiger partial charge in [-0.2, -0.15) is 0 Å². The van der Waals surface area contributed by atoms with Crippen LogP contribution in [-0.2, 0) is 14.3 Å². The second-order valence-corrected chi connectivity index (χ2v) is 4.53. The van der Waals surface area contributed by atoms with Crippen LogP contribution in [-0.4, -0.2) is 31.3 Å². The van der Waals surface area contributed by atoms with Crippen LogP contribution in [0.5, 0.6) is 0 Å². The first-order valence-electron chi connectivity index (χ1n) is 5.79. The molecule has 0 bridgehead atoms. The Kier molecular flexibility index (Phi) is 3.59. The standard InChI is InChI=1S/C11H19NO3/c12-9-3-1-8(2-4-9)11(13)15-10-5-6-14-7-10/h8-10H,1-7,12H2. The summed E-state index contributed by atoms with van der Waals surface area (Å²) in [5, 5.41) is 0. The fourth-order valence-corrected chi connectivity index (χ4v) is 2.22. The van der Waals surface area contributed by atoms with E-state index in [1.165, 1.54) is 0 Å². The lowest BCUT2D eigenvalue weighted by molar-refractivity contribution is -0.155. The number of hydrogen-bond donors (Lipinski definition) is 1. The summed E-state index contributed by atoms with van der Waals surface area (Å²) in [6.45, 7) is 1.28. The summed E-state index contributed by atoms with van der Waals surface area (Å²) < 4.78 is 10.5. The van der Waals surface area contributed by atoms with Crippen LogP contribution in [0, 0.1) is 5.92 Å². The monoisotopic (exact) mass is 213 g/mol. The van der Waals surface area contributed by atoms with Gasteiger partial charge in [0.25, 0.3) is 0 Å². The van der Waals surface area contributed by atoms with Crippen LogP contribution in [0.15, 0.2) is 0 Å². The Morgan fingerprint density at radius 2 is 1.93 bits per heavy atom. The number of esters is 1. The molecule has 1 heterocycles. The van der Waals surface area contributed by atoms with Crippen molar-refractivity contribution in [2.75, 3.05) is 13.2 Å². The van der Waals surface area contributed by atoms with E-state index >= 15 is 0 Å². The van der Waals surface area contributed by atoms with E-state index in [2.05, 4.69) is 0 Å². The molecule has 15 heavy (non-hydrogen) atoms. The molecule has 1 aliphatic carbocycles. The van der Waals surface area contributed by atoms with Crippen molar-refractivity contribution in [1.29, 1.82) is 0 Å². The summed E-state index contributed by atoms with van der Waals surface area (Å²) in [4.78, 5) is 11.7. The number of carbonyl (C=O) groups excluding carboxylic acids is 1. The molecule has 1 unspecified atom stereocenters. The van der Waals surface area contributed by atoms with E-state index in [9.17, 15) is 4.79 Å². The van der Waals surface area contributed by atoms with Gasteiger partial charge in [0.2, 0.25) is 0 Å². The third kappa shape index (κ3) is 2.92. The molecule has 4 heteroatoms. The maximum Gasteiger partial charge on any atom is 0.309 e. The molecule has 2 rings (SSSR count). The average Bonchev–Trinajstić information content (AvgIpc) is 2.71. The van der Waals surface area contributed by atoms with Gasteiger partial charge in [-0.3, -0.25) is 4.79 Å². The van der Waals surface area contributed by atoms with Crippen molar-refractivity contribution in [3.8, 4) is 0 Å². The minimum Gasteiger partial charge on any atom is -0.460 e. The quantitative estimate of drug-likeness (QED) is 0.690. The van der Waals surface area contributed by atoms with Crippen LogP contribution in [0.25, 0.3) is 0 Å². The Hall–Kier alpha value is -0.610. The van der Waals surface area contributed by atoms with Crippen molar-refractivity contribution in [2.24, 2.45) is 11.7 Å². The summed E-state index contributed by atoms with van der Waals surface area (Å²) >= 11 is 0. The molecule has 2 N–H and O–H groups in total. The van der Waals surface area contributed by atoms with Crippen molar-refractivity contribution >= 4 is 5.97 Å². The van der Waals surface area contributed by atoms with Gasteiger partial charge in [-0.25, -0.2) is 0 Å². The van der Waals surface area contributed by atoms with Gasteiger partial charge in [0, 0.05) is 12.5 Å². The number of hydrogen-bond acceptors (Lipinski definition) is 4. The molecule has 2 fully saturated rings.